The maximum absolute atomic E-state index is 12.7. The monoisotopic (exact) mass is 503 g/mol. The molecule has 0 spiro atoms. The molecule has 6 nitrogen and oxygen atoms in total. The molecule has 0 fully saturated rings. The van der Waals surface area contributed by atoms with Gasteiger partial charge in [-0.05, 0) is 86.2 Å². The molecule has 35 heavy (non-hydrogen) atoms. The van der Waals surface area contributed by atoms with Crippen LogP contribution in [0.15, 0.2) is 77.0 Å². The van der Waals surface area contributed by atoms with Gasteiger partial charge in [0.25, 0.3) is 15.9 Å². The van der Waals surface area contributed by atoms with E-state index in [-0.39, 0.29) is 10.8 Å². The van der Waals surface area contributed by atoms with Crippen LogP contribution in [0.5, 0.6) is 0 Å². The minimum Gasteiger partial charge on any atom is -0.298 e. The number of hydrogen-bond acceptors (Lipinski definition) is 5. The molecule has 0 saturated heterocycles. The molecule has 8 heteroatoms. The summed E-state index contributed by atoms with van der Waals surface area (Å²) >= 11 is 1.38. The Morgan fingerprint density at radius 1 is 0.914 bits per heavy atom. The summed E-state index contributed by atoms with van der Waals surface area (Å²) in [5.41, 5.74) is 6.50. The van der Waals surface area contributed by atoms with Gasteiger partial charge in [0, 0.05) is 22.2 Å². The van der Waals surface area contributed by atoms with E-state index in [9.17, 15) is 13.2 Å². The number of thiazole rings is 1. The number of nitrogens with one attached hydrogen (secondary N) is 2. The zero-order chi connectivity index (χ0) is 24.4. The molecule has 3 aromatic carbocycles. The minimum atomic E-state index is -3.70. The summed E-state index contributed by atoms with van der Waals surface area (Å²) in [5.74, 6) is -0.302. The predicted octanol–water partition coefficient (Wildman–Crippen LogP) is 6.05. The normalized spacial score (nSPS) is 13.2. The van der Waals surface area contributed by atoms with Crippen LogP contribution in [0.3, 0.4) is 0 Å². The Labute approximate surface area is 209 Å². The zero-order valence-corrected chi connectivity index (χ0v) is 20.9. The number of fused-ring (bicyclic) bond motifs is 1. The maximum atomic E-state index is 12.7. The van der Waals surface area contributed by atoms with Gasteiger partial charge in [0.1, 0.15) is 0 Å². The van der Waals surface area contributed by atoms with Gasteiger partial charge in [-0.25, -0.2) is 13.4 Å². The van der Waals surface area contributed by atoms with Gasteiger partial charge >= 0.3 is 0 Å². The fourth-order valence-corrected chi connectivity index (χ4v) is 5.92. The van der Waals surface area contributed by atoms with Crippen molar-refractivity contribution in [1.29, 1.82) is 0 Å². The summed E-state index contributed by atoms with van der Waals surface area (Å²) in [6.07, 6.45) is 4.72. The van der Waals surface area contributed by atoms with E-state index >= 15 is 0 Å². The van der Waals surface area contributed by atoms with E-state index in [1.165, 1.54) is 35.3 Å². The second-order valence-electron chi connectivity index (χ2n) is 8.68. The van der Waals surface area contributed by atoms with E-state index < -0.39 is 10.0 Å². The van der Waals surface area contributed by atoms with Crippen molar-refractivity contribution in [3.63, 3.8) is 0 Å². The van der Waals surface area contributed by atoms with Crippen molar-refractivity contribution in [2.45, 2.75) is 37.5 Å². The lowest BCUT2D eigenvalue weighted by molar-refractivity contribution is 0.102. The highest BCUT2D eigenvalue weighted by molar-refractivity contribution is 7.92. The zero-order valence-electron chi connectivity index (χ0n) is 19.2. The molecule has 0 atom stereocenters. The van der Waals surface area contributed by atoms with Crippen LogP contribution in [0, 0.1) is 6.92 Å². The average Bonchev–Trinajstić information content (AvgIpc) is 3.32. The van der Waals surface area contributed by atoms with Gasteiger partial charge in [0.2, 0.25) is 0 Å². The number of carbonyl (C=O) groups is 1. The Kier molecular flexibility index (Phi) is 6.40. The number of sulfonamides is 1. The molecule has 2 N–H and O–H groups in total. The van der Waals surface area contributed by atoms with E-state index in [0.29, 0.717) is 16.4 Å². The van der Waals surface area contributed by atoms with Crippen molar-refractivity contribution in [1.82, 2.24) is 4.98 Å². The van der Waals surface area contributed by atoms with Crippen LogP contribution in [-0.2, 0) is 22.9 Å². The number of anilines is 2. The van der Waals surface area contributed by atoms with Gasteiger partial charge in [-0.2, -0.15) is 0 Å². The number of aromatic nitrogens is 1. The van der Waals surface area contributed by atoms with Crippen LogP contribution in [0.4, 0.5) is 10.8 Å². The third-order valence-electron chi connectivity index (χ3n) is 6.10. The fraction of sp³-hybridized carbons (Fsp3) is 0.185. The molecule has 1 amide bonds. The predicted molar refractivity (Wildman–Crippen MR) is 141 cm³/mol. The number of rotatable bonds is 6. The molecule has 1 aromatic heterocycles. The lowest BCUT2D eigenvalue weighted by Crippen LogP contribution is -2.14. The highest BCUT2D eigenvalue weighted by Crippen LogP contribution is 2.30. The Morgan fingerprint density at radius 3 is 2.37 bits per heavy atom. The molecular weight excluding hydrogens is 478 g/mol. The largest absolute Gasteiger partial charge is 0.298 e. The molecule has 1 aliphatic carbocycles. The van der Waals surface area contributed by atoms with Gasteiger partial charge in [0.05, 0.1) is 10.6 Å². The number of hydrogen-bond donors (Lipinski definition) is 2. The molecular formula is C27H25N3O3S2. The first kappa shape index (κ1) is 23.3. The quantitative estimate of drug-likeness (QED) is 0.335. The summed E-state index contributed by atoms with van der Waals surface area (Å²) in [6.45, 7) is 1.90. The molecule has 1 aliphatic rings. The van der Waals surface area contributed by atoms with E-state index in [1.54, 1.807) is 48.5 Å². The highest BCUT2D eigenvalue weighted by atomic mass is 32.2. The topological polar surface area (TPSA) is 88.2 Å². The summed E-state index contributed by atoms with van der Waals surface area (Å²) < 4.78 is 27.7. The van der Waals surface area contributed by atoms with Crippen molar-refractivity contribution in [2.75, 3.05) is 10.0 Å². The Bertz CT molecular complexity index is 1480. The summed E-state index contributed by atoms with van der Waals surface area (Å²) in [5, 5.41) is 5.31. The molecule has 0 radical (unpaired) electrons. The second kappa shape index (κ2) is 9.64. The van der Waals surface area contributed by atoms with Crippen LogP contribution >= 0.6 is 11.3 Å². The van der Waals surface area contributed by atoms with Crippen molar-refractivity contribution >= 4 is 38.1 Å². The van der Waals surface area contributed by atoms with E-state index in [2.05, 4.69) is 33.2 Å². The molecule has 0 aliphatic heterocycles. The van der Waals surface area contributed by atoms with Crippen molar-refractivity contribution in [2.24, 2.45) is 0 Å². The minimum absolute atomic E-state index is 0.184. The Balaban J connectivity index is 1.24. The average molecular weight is 504 g/mol. The lowest BCUT2D eigenvalue weighted by Gasteiger charge is -2.16. The molecule has 0 bridgehead atoms. The third kappa shape index (κ3) is 5.28. The second-order valence-corrected chi connectivity index (χ2v) is 11.2. The first-order valence-corrected chi connectivity index (χ1v) is 13.8. The Hall–Kier alpha value is -3.49. The maximum Gasteiger partial charge on any atom is 0.261 e. The highest BCUT2D eigenvalue weighted by Gasteiger charge is 2.16. The van der Waals surface area contributed by atoms with Gasteiger partial charge in [-0.15, -0.1) is 11.3 Å². The van der Waals surface area contributed by atoms with Crippen molar-refractivity contribution < 1.29 is 13.2 Å². The molecule has 4 aromatic rings. The van der Waals surface area contributed by atoms with Crippen LogP contribution in [0.1, 0.15) is 39.9 Å². The first-order chi connectivity index (χ1) is 16.9. The number of nitrogens with zero attached hydrogens (tertiary/aromatic N) is 1. The Morgan fingerprint density at radius 2 is 1.63 bits per heavy atom. The van der Waals surface area contributed by atoms with Crippen LogP contribution in [-0.4, -0.2) is 19.3 Å². The van der Waals surface area contributed by atoms with Crippen LogP contribution < -0.4 is 10.0 Å². The van der Waals surface area contributed by atoms with Gasteiger partial charge in [-0.1, -0.05) is 29.8 Å². The van der Waals surface area contributed by atoms with Gasteiger partial charge in [0.15, 0.2) is 5.13 Å². The van der Waals surface area contributed by atoms with Crippen molar-refractivity contribution in [3.05, 3.63) is 94.4 Å². The number of carbonyl (C=O) groups excluding carboxylic acids is 1. The summed E-state index contributed by atoms with van der Waals surface area (Å²) in [4.78, 5) is 17.5. The summed E-state index contributed by atoms with van der Waals surface area (Å²) in [7, 11) is -3.70. The summed E-state index contributed by atoms with van der Waals surface area (Å²) in [6, 6.07) is 19.4. The van der Waals surface area contributed by atoms with Gasteiger partial charge < -0.3 is 0 Å². The number of amides is 1. The smallest absolute Gasteiger partial charge is 0.261 e. The van der Waals surface area contributed by atoms with E-state index in [4.69, 9.17) is 0 Å². The fourth-order valence-electron chi connectivity index (χ4n) is 4.15. The molecule has 0 unspecified atom stereocenters. The molecule has 0 saturated carbocycles. The molecule has 1 heterocycles. The van der Waals surface area contributed by atoms with Crippen LogP contribution in [0.25, 0.3) is 11.3 Å². The first-order valence-electron chi connectivity index (χ1n) is 11.5. The van der Waals surface area contributed by atoms with Crippen molar-refractivity contribution in [3.8, 4) is 11.3 Å². The standard InChI is InChI=1S/C27H25N3O3S2/c1-18-6-14-24(15-7-18)35(32,33)30-23-12-10-20(11-13-23)26(31)29-27-28-25(17-34-27)22-9-8-19-4-2-3-5-21(19)16-22/h6-17,30H,2-5H2,1H3,(H,28,29,31). The van der Waals surface area contributed by atoms with E-state index in [0.717, 1.165) is 29.7 Å². The van der Waals surface area contributed by atoms with Gasteiger partial charge in [-0.3, -0.25) is 14.8 Å². The SMILES string of the molecule is Cc1ccc(S(=O)(=O)Nc2ccc(C(=O)Nc3nc(-c4ccc5c(c4)CCCC5)cs3)cc2)cc1. The lowest BCUT2D eigenvalue weighted by atomic mass is 9.90. The molecule has 178 valence electrons. The van der Waals surface area contributed by atoms with E-state index in [1.807, 2.05) is 12.3 Å². The molecule has 5 rings (SSSR count). The number of benzene rings is 3. The number of aryl methyl sites for hydroxylation is 3. The van der Waals surface area contributed by atoms with Crippen LogP contribution in [0.2, 0.25) is 0 Å². The third-order valence-corrected chi connectivity index (χ3v) is 8.25.